The van der Waals surface area contributed by atoms with Crippen LogP contribution in [0.3, 0.4) is 0 Å². The van der Waals surface area contributed by atoms with Gasteiger partial charge in [-0.3, -0.25) is 9.59 Å². The van der Waals surface area contributed by atoms with Crippen molar-refractivity contribution in [2.45, 2.75) is 26.2 Å². The van der Waals surface area contributed by atoms with Gasteiger partial charge in [0.1, 0.15) is 11.5 Å². The molecule has 0 saturated carbocycles. The molecule has 0 fully saturated rings. The Labute approximate surface area is 127 Å². The van der Waals surface area contributed by atoms with Crippen molar-refractivity contribution in [1.29, 1.82) is 0 Å². The molecule has 0 unspecified atom stereocenters. The minimum Gasteiger partial charge on any atom is -0.484 e. The first-order valence-electron chi connectivity index (χ1n) is 7.14. The summed E-state index contributed by atoms with van der Waals surface area (Å²) in [7, 11) is 0. The van der Waals surface area contributed by atoms with Crippen molar-refractivity contribution in [2.24, 2.45) is 0 Å². The number of nitrogens with zero attached hydrogens (tertiary/aromatic N) is 1. The zero-order chi connectivity index (χ0) is 15.5. The van der Waals surface area contributed by atoms with E-state index < -0.39 is 0 Å². The predicted octanol–water partition coefficient (Wildman–Crippen LogP) is 2.52. The number of anilines is 1. The molecule has 1 aromatic heterocycles. The first-order valence-corrected chi connectivity index (χ1v) is 7.14. The van der Waals surface area contributed by atoms with Crippen LogP contribution in [0.2, 0.25) is 0 Å². The second-order valence-electron chi connectivity index (χ2n) is 5.26. The fraction of sp³-hybridized carbons (Fsp3) is 0.312. The van der Waals surface area contributed by atoms with Crippen LogP contribution in [0.1, 0.15) is 34.5 Å². The molecule has 0 atom stereocenters. The standard InChI is InChI=1S/C16H16N2O4/c1-10-7-15(18-22-10)17-16(20)9-21-12-5-6-13-11(8-12)3-2-4-14(13)19/h5-8H,2-4,9H2,1H3,(H,17,18,20). The molecule has 1 aliphatic carbocycles. The van der Waals surface area contributed by atoms with Crippen LogP contribution in [-0.2, 0) is 11.2 Å². The molecule has 1 amide bonds. The third-order valence-electron chi connectivity index (χ3n) is 3.49. The maximum absolute atomic E-state index is 11.8. The minimum absolute atomic E-state index is 0.126. The fourth-order valence-electron chi connectivity index (χ4n) is 2.47. The molecule has 1 aliphatic rings. The van der Waals surface area contributed by atoms with Gasteiger partial charge >= 0.3 is 0 Å². The van der Waals surface area contributed by atoms with E-state index in [0.717, 1.165) is 24.0 Å². The van der Waals surface area contributed by atoms with E-state index in [0.29, 0.717) is 23.7 Å². The second-order valence-corrected chi connectivity index (χ2v) is 5.26. The van der Waals surface area contributed by atoms with Gasteiger partial charge in [-0.2, -0.15) is 0 Å². The Morgan fingerprint density at radius 3 is 3.00 bits per heavy atom. The zero-order valence-corrected chi connectivity index (χ0v) is 12.2. The summed E-state index contributed by atoms with van der Waals surface area (Å²) < 4.78 is 10.3. The smallest absolute Gasteiger partial charge is 0.263 e. The van der Waals surface area contributed by atoms with Gasteiger partial charge in [-0.1, -0.05) is 5.16 Å². The number of aryl methyl sites for hydroxylation is 2. The van der Waals surface area contributed by atoms with Gasteiger partial charge in [0.05, 0.1) is 0 Å². The summed E-state index contributed by atoms with van der Waals surface area (Å²) in [6.07, 6.45) is 2.33. The third-order valence-corrected chi connectivity index (χ3v) is 3.49. The maximum atomic E-state index is 11.8. The predicted molar refractivity (Wildman–Crippen MR) is 79.1 cm³/mol. The number of carbonyl (C=O) groups excluding carboxylic acids is 2. The van der Waals surface area contributed by atoms with Gasteiger partial charge < -0.3 is 14.6 Å². The molecule has 0 bridgehead atoms. The lowest BCUT2D eigenvalue weighted by molar-refractivity contribution is -0.118. The quantitative estimate of drug-likeness (QED) is 0.938. The van der Waals surface area contributed by atoms with Crippen molar-refractivity contribution in [2.75, 3.05) is 11.9 Å². The molecule has 1 N–H and O–H groups in total. The number of nitrogens with one attached hydrogen (secondary N) is 1. The van der Waals surface area contributed by atoms with Crippen LogP contribution in [0.4, 0.5) is 5.82 Å². The average Bonchev–Trinajstić information content (AvgIpc) is 2.90. The maximum Gasteiger partial charge on any atom is 0.263 e. The van der Waals surface area contributed by atoms with E-state index in [1.165, 1.54) is 0 Å². The molecule has 0 radical (unpaired) electrons. The first-order chi connectivity index (χ1) is 10.6. The number of hydrogen-bond donors (Lipinski definition) is 1. The van der Waals surface area contributed by atoms with Crippen molar-refractivity contribution in [1.82, 2.24) is 5.16 Å². The van der Waals surface area contributed by atoms with Crippen LogP contribution in [0.25, 0.3) is 0 Å². The number of fused-ring (bicyclic) bond motifs is 1. The Bertz CT molecular complexity index is 721. The molecule has 6 nitrogen and oxygen atoms in total. The molecule has 0 spiro atoms. The van der Waals surface area contributed by atoms with Crippen molar-refractivity contribution >= 4 is 17.5 Å². The van der Waals surface area contributed by atoms with Gasteiger partial charge in [-0.25, -0.2) is 0 Å². The monoisotopic (exact) mass is 300 g/mol. The lowest BCUT2D eigenvalue weighted by Crippen LogP contribution is -2.20. The molecule has 1 heterocycles. The summed E-state index contributed by atoms with van der Waals surface area (Å²) in [6, 6.07) is 6.95. The third kappa shape index (κ3) is 3.16. The van der Waals surface area contributed by atoms with Gasteiger partial charge in [0.15, 0.2) is 18.2 Å². The Morgan fingerprint density at radius 1 is 1.36 bits per heavy atom. The Kier molecular flexibility index (Phi) is 3.91. The van der Waals surface area contributed by atoms with Crippen LogP contribution in [0.5, 0.6) is 5.75 Å². The van der Waals surface area contributed by atoms with Crippen molar-refractivity contribution in [3.8, 4) is 5.75 Å². The van der Waals surface area contributed by atoms with Crippen LogP contribution in [-0.4, -0.2) is 23.5 Å². The van der Waals surface area contributed by atoms with Gasteiger partial charge in [-0.15, -0.1) is 0 Å². The Hall–Kier alpha value is -2.63. The van der Waals surface area contributed by atoms with Crippen molar-refractivity contribution < 1.29 is 18.8 Å². The number of ether oxygens (including phenoxy) is 1. The number of benzene rings is 1. The number of carbonyl (C=O) groups is 2. The minimum atomic E-state index is -0.318. The summed E-state index contributed by atoms with van der Waals surface area (Å²) >= 11 is 0. The molecule has 0 aliphatic heterocycles. The van der Waals surface area contributed by atoms with Crippen LogP contribution in [0, 0.1) is 6.92 Å². The van der Waals surface area contributed by atoms with E-state index in [4.69, 9.17) is 9.26 Å². The molecule has 22 heavy (non-hydrogen) atoms. The van der Waals surface area contributed by atoms with Crippen molar-refractivity contribution in [3.05, 3.63) is 41.2 Å². The number of Topliss-reactive ketones (excluding diaryl/α,β-unsaturated/α-hetero) is 1. The van der Waals surface area contributed by atoms with Gasteiger partial charge in [0.25, 0.3) is 5.91 Å². The summed E-state index contributed by atoms with van der Waals surface area (Å²) in [5.41, 5.74) is 1.75. The molecule has 0 saturated heterocycles. The van der Waals surface area contributed by atoms with E-state index in [2.05, 4.69) is 10.5 Å². The highest BCUT2D eigenvalue weighted by Crippen LogP contribution is 2.25. The van der Waals surface area contributed by atoms with Crippen LogP contribution in [0.15, 0.2) is 28.8 Å². The normalized spacial score (nSPS) is 13.6. The number of amides is 1. The number of rotatable bonds is 4. The van der Waals surface area contributed by atoms with E-state index in [9.17, 15) is 9.59 Å². The summed E-state index contributed by atoms with van der Waals surface area (Å²) in [6.45, 7) is 1.62. The fourth-order valence-corrected chi connectivity index (χ4v) is 2.47. The van der Waals surface area contributed by atoms with Crippen molar-refractivity contribution in [3.63, 3.8) is 0 Å². The van der Waals surface area contributed by atoms with Crippen LogP contribution < -0.4 is 10.1 Å². The van der Waals surface area contributed by atoms with Gasteiger partial charge in [0, 0.05) is 18.1 Å². The topological polar surface area (TPSA) is 81.4 Å². The number of aromatic nitrogens is 1. The van der Waals surface area contributed by atoms with Gasteiger partial charge in [0.2, 0.25) is 0 Å². The molecule has 2 aromatic rings. The summed E-state index contributed by atoms with van der Waals surface area (Å²) in [5, 5.41) is 6.26. The Morgan fingerprint density at radius 2 is 2.23 bits per heavy atom. The highest BCUT2D eigenvalue weighted by molar-refractivity contribution is 5.98. The number of hydrogen-bond acceptors (Lipinski definition) is 5. The van der Waals surface area contributed by atoms with Crippen LogP contribution >= 0.6 is 0 Å². The lowest BCUT2D eigenvalue weighted by Gasteiger charge is -2.15. The molecule has 114 valence electrons. The number of ketones is 1. The Balaban J connectivity index is 1.59. The molecule has 3 rings (SSSR count). The molecular formula is C16H16N2O4. The molecule has 1 aromatic carbocycles. The van der Waals surface area contributed by atoms with E-state index in [-0.39, 0.29) is 18.3 Å². The van der Waals surface area contributed by atoms with Gasteiger partial charge in [-0.05, 0) is 43.5 Å². The first kappa shape index (κ1) is 14.3. The average molecular weight is 300 g/mol. The summed E-state index contributed by atoms with van der Waals surface area (Å²) in [4.78, 5) is 23.5. The SMILES string of the molecule is Cc1cc(NC(=O)COc2ccc3c(c2)CCCC3=O)no1. The highest BCUT2D eigenvalue weighted by Gasteiger charge is 2.17. The molecule has 6 heteroatoms. The highest BCUT2D eigenvalue weighted by atomic mass is 16.5. The lowest BCUT2D eigenvalue weighted by atomic mass is 9.91. The zero-order valence-electron chi connectivity index (χ0n) is 12.2. The van der Waals surface area contributed by atoms with E-state index in [1.807, 2.05) is 6.07 Å². The largest absolute Gasteiger partial charge is 0.484 e. The second kappa shape index (κ2) is 6.01. The van der Waals surface area contributed by atoms with E-state index in [1.54, 1.807) is 25.1 Å². The van der Waals surface area contributed by atoms with E-state index >= 15 is 0 Å². The molecular weight excluding hydrogens is 284 g/mol. The summed E-state index contributed by atoms with van der Waals surface area (Å²) in [5.74, 6) is 1.42.